The molecule has 0 aromatic carbocycles. The molecule has 1 heterocycles. The Labute approximate surface area is 82.2 Å². The number of carbonyl (C=O) groups is 2. The average Bonchev–Trinajstić information content (AvgIpc) is 2.55. The fourth-order valence-electron chi connectivity index (χ4n) is 1.29. The van der Waals surface area contributed by atoms with E-state index >= 15 is 0 Å². The summed E-state index contributed by atoms with van der Waals surface area (Å²) in [6.07, 6.45) is 0.877. The molecule has 4 heteroatoms. The lowest BCUT2D eigenvalue weighted by Crippen LogP contribution is -2.19. The molecule has 0 aromatic rings. The minimum atomic E-state index is -0.385. The zero-order valence-corrected chi connectivity index (χ0v) is 8.56. The number of ketones is 1. The van der Waals surface area contributed by atoms with Gasteiger partial charge in [0.1, 0.15) is 12.2 Å². The van der Waals surface area contributed by atoms with Crippen LogP contribution in [-0.4, -0.2) is 29.9 Å². The Balaban J connectivity index is 2.27. The van der Waals surface area contributed by atoms with E-state index in [1.807, 2.05) is 0 Å². The van der Waals surface area contributed by atoms with Gasteiger partial charge in [0.25, 0.3) is 0 Å². The summed E-state index contributed by atoms with van der Waals surface area (Å²) in [5.74, 6) is 1.67. The first-order valence-corrected chi connectivity index (χ1v) is 5.65. The summed E-state index contributed by atoms with van der Waals surface area (Å²) in [6.45, 7) is 2.10. The Hall–Kier alpha value is -0.510. The lowest BCUT2D eigenvalue weighted by atomic mass is 10.0. The van der Waals surface area contributed by atoms with Crippen molar-refractivity contribution in [2.45, 2.75) is 19.8 Å². The van der Waals surface area contributed by atoms with E-state index in [4.69, 9.17) is 4.74 Å². The monoisotopic (exact) mass is 202 g/mol. The van der Waals surface area contributed by atoms with E-state index in [9.17, 15) is 9.59 Å². The molecule has 1 rings (SSSR count). The third-order valence-electron chi connectivity index (χ3n) is 2.01. The van der Waals surface area contributed by atoms with Crippen molar-refractivity contribution in [2.75, 3.05) is 18.1 Å². The largest absolute Gasteiger partial charge is 0.466 e. The fourth-order valence-corrected chi connectivity index (χ4v) is 2.54. The highest BCUT2D eigenvalue weighted by Crippen LogP contribution is 2.24. The molecule has 0 spiro atoms. The average molecular weight is 202 g/mol. The van der Waals surface area contributed by atoms with Crippen LogP contribution in [0.2, 0.25) is 0 Å². The van der Waals surface area contributed by atoms with Gasteiger partial charge in [-0.1, -0.05) is 0 Å². The molecule has 1 aliphatic rings. The number of carbonyl (C=O) groups excluding carboxylic acids is 2. The molecule has 0 radical (unpaired) electrons. The summed E-state index contributed by atoms with van der Waals surface area (Å²) < 4.78 is 4.71. The number of thioether (sulfide) groups is 1. The quantitative estimate of drug-likeness (QED) is 0.508. The molecule has 1 saturated heterocycles. The lowest BCUT2D eigenvalue weighted by molar-refractivity contribution is -0.146. The van der Waals surface area contributed by atoms with E-state index < -0.39 is 0 Å². The van der Waals surface area contributed by atoms with Gasteiger partial charge >= 0.3 is 5.97 Å². The van der Waals surface area contributed by atoms with E-state index in [2.05, 4.69) is 0 Å². The third kappa shape index (κ3) is 3.38. The molecule has 3 nitrogen and oxygen atoms in total. The van der Waals surface area contributed by atoms with E-state index in [1.165, 1.54) is 0 Å². The van der Waals surface area contributed by atoms with Crippen LogP contribution in [0.25, 0.3) is 0 Å². The van der Waals surface area contributed by atoms with Gasteiger partial charge in [0.2, 0.25) is 0 Å². The van der Waals surface area contributed by atoms with Crippen LogP contribution in [0.5, 0.6) is 0 Å². The maximum Gasteiger partial charge on any atom is 0.313 e. The standard InChI is InChI=1S/C9H14O3S/c1-2-12-9(11)5-8(10)7-3-4-13-6-7/h7H,2-6H2,1H3. The molecule has 1 atom stereocenters. The summed E-state index contributed by atoms with van der Waals surface area (Å²) in [5.41, 5.74) is 0. The van der Waals surface area contributed by atoms with Crippen molar-refractivity contribution in [2.24, 2.45) is 5.92 Å². The number of esters is 1. The molecule has 0 aliphatic carbocycles. The second kappa shape index (κ2) is 5.27. The van der Waals surface area contributed by atoms with Crippen molar-refractivity contribution in [3.05, 3.63) is 0 Å². The number of hydrogen-bond acceptors (Lipinski definition) is 4. The molecule has 74 valence electrons. The highest BCUT2D eigenvalue weighted by Gasteiger charge is 2.24. The van der Waals surface area contributed by atoms with Gasteiger partial charge in [-0.2, -0.15) is 11.8 Å². The van der Waals surface area contributed by atoms with Crippen LogP contribution in [0.4, 0.5) is 0 Å². The van der Waals surface area contributed by atoms with Crippen LogP contribution >= 0.6 is 11.8 Å². The zero-order chi connectivity index (χ0) is 9.68. The van der Waals surface area contributed by atoms with Crippen LogP contribution in [0.1, 0.15) is 19.8 Å². The highest BCUT2D eigenvalue weighted by molar-refractivity contribution is 7.99. The molecule has 13 heavy (non-hydrogen) atoms. The molecule has 0 saturated carbocycles. The van der Waals surface area contributed by atoms with Gasteiger partial charge in [0.15, 0.2) is 0 Å². The van der Waals surface area contributed by atoms with Gasteiger partial charge in [-0.15, -0.1) is 0 Å². The molecule has 0 N–H and O–H groups in total. The Bertz CT molecular complexity index is 197. The number of hydrogen-bond donors (Lipinski definition) is 0. The molecule has 1 unspecified atom stereocenters. The molecule has 0 amide bonds. The minimum Gasteiger partial charge on any atom is -0.466 e. The van der Waals surface area contributed by atoms with Crippen molar-refractivity contribution in [3.8, 4) is 0 Å². The zero-order valence-electron chi connectivity index (χ0n) is 7.75. The Morgan fingerprint density at radius 2 is 2.31 bits per heavy atom. The van der Waals surface area contributed by atoms with Crippen molar-refractivity contribution < 1.29 is 14.3 Å². The lowest BCUT2D eigenvalue weighted by Gasteiger charge is -2.05. The summed E-state index contributed by atoms with van der Waals surface area (Å²) in [4.78, 5) is 22.4. The molecular weight excluding hydrogens is 188 g/mol. The van der Waals surface area contributed by atoms with Crippen molar-refractivity contribution in [1.82, 2.24) is 0 Å². The Morgan fingerprint density at radius 3 is 2.85 bits per heavy atom. The third-order valence-corrected chi connectivity index (χ3v) is 3.17. The maximum atomic E-state index is 11.4. The number of Topliss-reactive ketones (excluding diaryl/α,β-unsaturated/α-hetero) is 1. The number of ether oxygens (including phenoxy) is 1. The molecule has 1 fully saturated rings. The van der Waals surface area contributed by atoms with Crippen molar-refractivity contribution in [1.29, 1.82) is 0 Å². The Kier molecular flexibility index (Phi) is 4.28. The van der Waals surface area contributed by atoms with Crippen LogP contribution < -0.4 is 0 Å². The van der Waals surface area contributed by atoms with Gasteiger partial charge in [-0.25, -0.2) is 0 Å². The van der Waals surface area contributed by atoms with Gasteiger partial charge in [0, 0.05) is 11.7 Å². The smallest absolute Gasteiger partial charge is 0.313 e. The van der Waals surface area contributed by atoms with E-state index in [1.54, 1.807) is 18.7 Å². The van der Waals surface area contributed by atoms with E-state index in [0.29, 0.717) is 6.61 Å². The maximum absolute atomic E-state index is 11.4. The molecule has 0 bridgehead atoms. The predicted molar refractivity (Wildman–Crippen MR) is 51.7 cm³/mol. The summed E-state index contributed by atoms with van der Waals surface area (Å²) in [6, 6.07) is 0. The van der Waals surface area contributed by atoms with Crippen molar-refractivity contribution in [3.63, 3.8) is 0 Å². The van der Waals surface area contributed by atoms with E-state index in [-0.39, 0.29) is 24.1 Å². The second-order valence-corrected chi connectivity index (χ2v) is 4.16. The highest BCUT2D eigenvalue weighted by atomic mass is 32.2. The molecule has 1 aliphatic heterocycles. The van der Waals surface area contributed by atoms with Crippen LogP contribution in [0.15, 0.2) is 0 Å². The first kappa shape index (κ1) is 10.6. The van der Waals surface area contributed by atoms with Crippen molar-refractivity contribution >= 4 is 23.5 Å². The van der Waals surface area contributed by atoms with Gasteiger partial charge in [-0.3, -0.25) is 9.59 Å². The topological polar surface area (TPSA) is 43.4 Å². The van der Waals surface area contributed by atoms with Gasteiger partial charge in [0.05, 0.1) is 6.61 Å². The van der Waals surface area contributed by atoms with Crippen LogP contribution in [0.3, 0.4) is 0 Å². The van der Waals surface area contributed by atoms with Gasteiger partial charge < -0.3 is 4.74 Å². The summed E-state index contributed by atoms with van der Waals surface area (Å²) >= 11 is 1.78. The fraction of sp³-hybridized carbons (Fsp3) is 0.778. The minimum absolute atomic E-state index is 0.0426. The summed E-state index contributed by atoms with van der Waals surface area (Å²) in [5, 5.41) is 0. The predicted octanol–water partition coefficient (Wildman–Crippen LogP) is 1.26. The Morgan fingerprint density at radius 1 is 1.54 bits per heavy atom. The number of rotatable bonds is 4. The molecule has 0 aromatic heterocycles. The summed E-state index contributed by atoms with van der Waals surface area (Å²) in [7, 11) is 0. The second-order valence-electron chi connectivity index (χ2n) is 3.01. The van der Waals surface area contributed by atoms with Crippen LogP contribution in [-0.2, 0) is 14.3 Å². The van der Waals surface area contributed by atoms with Crippen LogP contribution in [0, 0.1) is 5.92 Å². The van der Waals surface area contributed by atoms with Gasteiger partial charge in [-0.05, 0) is 19.1 Å². The first-order chi connectivity index (χ1) is 6.24. The van der Waals surface area contributed by atoms with E-state index in [0.717, 1.165) is 17.9 Å². The first-order valence-electron chi connectivity index (χ1n) is 4.50. The normalized spacial score (nSPS) is 21.5. The molecular formula is C9H14O3S. The SMILES string of the molecule is CCOC(=O)CC(=O)C1CCSC1.